The summed E-state index contributed by atoms with van der Waals surface area (Å²) in [5, 5.41) is 9.31. The first-order valence-electron chi connectivity index (χ1n) is 5.80. The maximum Gasteiger partial charge on any atom is 0.105 e. The standard InChI is InChI=1S/C14H17NOS2/c1-14(11-15,9-6-10-16-2)18-13(17)12-7-4-3-5-8-12/h3-5,7-8H,6,9-10H2,1-2H3. The van der Waals surface area contributed by atoms with Crippen LogP contribution in [-0.4, -0.2) is 22.7 Å². The molecule has 0 spiro atoms. The molecule has 0 heterocycles. The van der Waals surface area contributed by atoms with E-state index in [0.29, 0.717) is 6.61 Å². The molecule has 0 aliphatic rings. The lowest BCUT2D eigenvalue weighted by molar-refractivity contribution is 0.191. The third kappa shape index (κ3) is 4.77. The highest BCUT2D eigenvalue weighted by Gasteiger charge is 2.26. The second-order valence-corrected chi connectivity index (χ2v) is 6.37. The first-order valence-corrected chi connectivity index (χ1v) is 7.02. The van der Waals surface area contributed by atoms with Gasteiger partial charge in [-0.2, -0.15) is 5.26 Å². The second kappa shape index (κ2) is 7.52. The highest BCUT2D eigenvalue weighted by Crippen LogP contribution is 2.32. The molecular formula is C14H17NOS2. The lowest BCUT2D eigenvalue weighted by atomic mass is 10.1. The summed E-state index contributed by atoms with van der Waals surface area (Å²) in [6.45, 7) is 2.61. The number of hydrogen-bond donors (Lipinski definition) is 0. The van der Waals surface area contributed by atoms with Gasteiger partial charge in [0.25, 0.3) is 0 Å². The molecule has 0 radical (unpaired) electrons. The van der Waals surface area contributed by atoms with Gasteiger partial charge in [-0.05, 0) is 25.3 Å². The fraction of sp³-hybridized carbons (Fsp3) is 0.429. The van der Waals surface area contributed by atoms with Crippen molar-refractivity contribution in [2.24, 2.45) is 0 Å². The van der Waals surface area contributed by atoms with Crippen molar-refractivity contribution in [3.63, 3.8) is 0 Å². The Morgan fingerprint density at radius 2 is 2.11 bits per heavy atom. The molecule has 0 amide bonds. The number of nitrogens with zero attached hydrogens (tertiary/aromatic N) is 1. The van der Waals surface area contributed by atoms with Crippen molar-refractivity contribution >= 4 is 28.2 Å². The number of nitriles is 1. The Balaban J connectivity index is 2.63. The topological polar surface area (TPSA) is 33.0 Å². The number of ether oxygens (including phenoxy) is 1. The van der Waals surface area contributed by atoms with Gasteiger partial charge in [-0.15, -0.1) is 0 Å². The Hall–Kier alpha value is -0.890. The molecule has 2 nitrogen and oxygen atoms in total. The zero-order valence-electron chi connectivity index (χ0n) is 10.7. The Bertz CT molecular complexity index is 427. The van der Waals surface area contributed by atoms with E-state index in [1.807, 2.05) is 37.3 Å². The molecule has 0 aliphatic carbocycles. The van der Waals surface area contributed by atoms with Crippen LogP contribution in [0.5, 0.6) is 0 Å². The Morgan fingerprint density at radius 1 is 1.44 bits per heavy atom. The predicted octanol–water partition coefficient (Wildman–Crippen LogP) is 3.80. The first kappa shape index (κ1) is 15.2. The fourth-order valence-corrected chi connectivity index (χ4v) is 3.16. The van der Waals surface area contributed by atoms with Gasteiger partial charge in [-0.3, -0.25) is 0 Å². The summed E-state index contributed by atoms with van der Waals surface area (Å²) in [4.78, 5) is 0. The van der Waals surface area contributed by atoms with Gasteiger partial charge in [-0.25, -0.2) is 0 Å². The quantitative estimate of drug-likeness (QED) is 0.585. The number of thioether (sulfide) groups is 1. The average Bonchev–Trinajstić information content (AvgIpc) is 2.40. The minimum atomic E-state index is -0.481. The van der Waals surface area contributed by atoms with Crippen molar-refractivity contribution < 1.29 is 4.74 Å². The molecule has 0 aromatic heterocycles. The van der Waals surface area contributed by atoms with Crippen molar-refractivity contribution in [2.75, 3.05) is 13.7 Å². The maximum atomic E-state index is 9.31. The zero-order chi connectivity index (χ0) is 13.4. The lowest BCUT2D eigenvalue weighted by Crippen LogP contribution is -2.20. The molecule has 18 heavy (non-hydrogen) atoms. The van der Waals surface area contributed by atoms with Crippen LogP contribution in [0.2, 0.25) is 0 Å². The molecule has 1 aromatic rings. The number of rotatable bonds is 6. The number of hydrogen-bond acceptors (Lipinski definition) is 4. The van der Waals surface area contributed by atoms with E-state index < -0.39 is 4.75 Å². The van der Waals surface area contributed by atoms with E-state index in [1.165, 1.54) is 11.8 Å². The van der Waals surface area contributed by atoms with Crippen molar-refractivity contribution in [1.82, 2.24) is 0 Å². The van der Waals surface area contributed by atoms with Crippen LogP contribution < -0.4 is 0 Å². The van der Waals surface area contributed by atoms with Crippen molar-refractivity contribution in [2.45, 2.75) is 24.5 Å². The van der Waals surface area contributed by atoms with E-state index in [-0.39, 0.29) is 0 Å². The molecule has 0 saturated carbocycles. The molecule has 1 aromatic carbocycles. The van der Waals surface area contributed by atoms with Crippen LogP contribution in [0.3, 0.4) is 0 Å². The third-order valence-corrected chi connectivity index (χ3v) is 4.22. The van der Waals surface area contributed by atoms with Gasteiger partial charge in [0.05, 0.1) is 10.3 Å². The summed E-state index contributed by atoms with van der Waals surface area (Å²) in [6.07, 6.45) is 1.64. The Labute approximate surface area is 118 Å². The number of benzene rings is 1. The lowest BCUT2D eigenvalue weighted by Gasteiger charge is -2.21. The molecule has 0 aliphatic heterocycles. The first-order chi connectivity index (χ1) is 8.61. The van der Waals surface area contributed by atoms with E-state index in [2.05, 4.69) is 6.07 Å². The molecule has 0 saturated heterocycles. The molecule has 0 N–H and O–H groups in total. The summed E-state index contributed by atoms with van der Waals surface area (Å²) in [5.41, 5.74) is 1.01. The molecule has 96 valence electrons. The minimum absolute atomic E-state index is 0.481. The van der Waals surface area contributed by atoms with Gasteiger partial charge in [0.1, 0.15) is 4.75 Å². The third-order valence-electron chi connectivity index (χ3n) is 2.57. The Kier molecular flexibility index (Phi) is 6.34. The van der Waals surface area contributed by atoms with Gasteiger partial charge < -0.3 is 4.74 Å². The largest absolute Gasteiger partial charge is 0.385 e. The molecule has 4 heteroatoms. The molecule has 1 rings (SSSR count). The SMILES string of the molecule is COCCCC(C)(C#N)SC(=S)c1ccccc1. The molecule has 0 fully saturated rings. The highest BCUT2D eigenvalue weighted by atomic mass is 32.2. The van der Waals surface area contributed by atoms with Crippen molar-refractivity contribution in [3.05, 3.63) is 35.9 Å². The predicted molar refractivity (Wildman–Crippen MR) is 80.9 cm³/mol. The van der Waals surface area contributed by atoms with Crippen LogP contribution in [0.4, 0.5) is 0 Å². The maximum absolute atomic E-state index is 9.31. The van der Waals surface area contributed by atoms with Gasteiger partial charge in [0.2, 0.25) is 0 Å². The molecule has 1 unspecified atom stereocenters. The van der Waals surface area contributed by atoms with E-state index in [1.54, 1.807) is 7.11 Å². The molecule has 0 bridgehead atoms. The van der Waals surface area contributed by atoms with E-state index >= 15 is 0 Å². The highest BCUT2D eigenvalue weighted by molar-refractivity contribution is 8.24. The van der Waals surface area contributed by atoms with Gasteiger partial charge in [-0.1, -0.05) is 54.3 Å². The molecule has 1 atom stereocenters. The molecular weight excluding hydrogens is 262 g/mol. The van der Waals surface area contributed by atoms with Gasteiger partial charge in [0, 0.05) is 13.7 Å². The van der Waals surface area contributed by atoms with E-state index in [9.17, 15) is 5.26 Å². The minimum Gasteiger partial charge on any atom is -0.385 e. The Morgan fingerprint density at radius 3 is 2.67 bits per heavy atom. The van der Waals surface area contributed by atoms with Crippen LogP contribution in [0.15, 0.2) is 30.3 Å². The van der Waals surface area contributed by atoms with Crippen LogP contribution in [0.25, 0.3) is 0 Å². The van der Waals surface area contributed by atoms with Crippen LogP contribution in [-0.2, 0) is 4.74 Å². The van der Waals surface area contributed by atoms with Crippen LogP contribution >= 0.6 is 24.0 Å². The second-order valence-electron chi connectivity index (χ2n) is 4.19. The summed E-state index contributed by atoms with van der Waals surface area (Å²) in [7, 11) is 1.67. The van der Waals surface area contributed by atoms with Crippen LogP contribution in [0.1, 0.15) is 25.3 Å². The number of thiocarbonyl (C=S) groups is 1. The summed E-state index contributed by atoms with van der Waals surface area (Å²) in [6, 6.07) is 12.2. The fourth-order valence-electron chi connectivity index (χ4n) is 1.52. The van der Waals surface area contributed by atoms with Gasteiger partial charge in [0.15, 0.2) is 0 Å². The van der Waals surface area contributed by atoms with Crippen LogP contribution in [0, 0.1) is 11.3 Å². The summed E-state index contributed by atoms with van der Waals surface area (Å²) >= 11 is 6.86. The zero-order valence-corrected chi connectivity index (χ0v) is 12.3. The van der Waals surface area contributed by atoms with Crippen molar-refractivity contribution in [1.29, 1.82) is 5.26 Å². The number of methoxy groups -OCH3 is 1. The average molecular weight is 279 g/mol. The van der Waals surface area contributed by atoms with E-state index in [4.69, 9.17) is 17.0 Å². The van der Waals surface area contributed by atoms with Crippen molar-refractivity contribution in [3.8, 4) is 6.07 Å². The summed E-state index contributed by atoms with van der Waals surface area (Å²) < 4.78 is 5.31. The normalized spacial score (nSPS) is 13.6. The van der Waals surface area contributed by atoms with E-state index in [0.717, 1.165) is 22.6 Å². The monoisotopic (exact) mass is 279 g/mol. The smallest absolute Gasteiger partial charge is 0.105 e. The van der Waals surface area contributed by atoms with Gasteiger partial charge >= 0.3 is 0 Å². The summed E-state index contributed by atoms with van der Waals surface area (Å²) in [5.74, 6) is 0.